The van der Waals surface area contributed by atoms with Crippen LogP contribution in [0.4, 0.5) is 0 Å². The third-order valence-corrected chi connectivity index (χ3v) is 4.57. The van der Waals surface area contributed by atoms with Crippen molar-refractivity contribution in [3.8, 4) is 11.5 Å². The summed E-state index contributed by atoms with van der Waals surface area (Å²) in [4.78, 5) is 1.05. The van der Waals surface area contributed by atoms with Gasteiger partial charge >= 0.3 is 0 Å². The Labute approximate surface area is 137 Å². The van der Waals surface area contributed by atoms with Gasteiger partial charge in [0.2, 0.25) is 0 Å². The van der Waals surface area contributed by atoms with Gasteiger partial charge in [0.1, 0.15) is 16.0 Å². The Hall–Kier alpha value is -1.18. The smallest absolute Gasteiger partial charge is 0.141 e. The zero-order valence-corrected chi connectivity index (χ0v) is 14.6. The van der Waals surface area contributed by atoms with E-state index in [9.17, 15) is 0 Å². The number of aromatic nitrogens is 2. The highest BCUT2D eigenvalue weighted by Gasteiger charge is 2.23. The molecule has 0 fully saturated rings. The molecule has 21 heavy (non-hydrogen) atoms. The van der Waals surface area contributed by atoms with Crippen molar-refractivity contribution >= 4 is 27.5 Å². The van der Waals surface area contributed by atoms with Crippen molar-refractivity contribution in [2.24, 2.45) is 0 Å². The van der Waals surface area contributed by atoms with Crippen LogP contribution in [0.1, 0.15) is 29.8 Å². The van der Waals surface area contributed by atoms with E-state index in [-0.39, 0.29) is 6.04 Å². The van der Waals surface area contributed by atoms with E-state index in [1.165, 1.54) is 11.5 Å². The lowest BCUT2D eigenvalue weighted by Gasteiger charge is -2.21. The molecular weight excluding hydrogens is 354 g/mol. The molecule has 0 aliphatic carbocycles. The Balaban J connectivity index is 2.46. The zero-order chi connectivity index (χ0) is 15.2. The molecule has 0 aliphatic heterocycles. The molecule has 5 nitrogen and oxygen atoms in total. The van der Waals surface area contributed by atoms with Crippen molar-refractivity contribution in [1.82, 2.24) is 14.9 Å². The van der Waals surface area contributed by atoms with Crippen LogP contribution in [-0.2, 0) is 0 Å². The van der Waals surface area contributed by atoms with Crippen LogP contribution in [0.15, 0.2) is 22.8 Å². The van der Waals surface area contributed by atoms with Crippen LogP contribution >= 0.6 is 27.5 Å². The van der Waals surface area contributed by atoms with Crippen molar-refractivity contribution in [3.05, 3.63) is 33.2 Å². The summed E-state index contributed by atoms with van der Waals surface area (Å²) in [6.07, 6.45) is 2.83. The van der Waals surface area contributed by atoms with Gasteiger partial charge < -0.3 is 14.8 Å². The number of hydrogen-bond acceptors (Lipinski definition) is 6. The van der Waals surface area contributed by atoms with Crippen LogP contribution in [0, 0.1) is 0 Å². The maximum Gasteiger partial charge on any atom is 0.141 e. The van der Waals surface area contributed by atoms with Crippen LogP contribution in [0.2, 0.25) is 0 Å². The Bertz CT molecular complexity index is 578. The standard InChI is InChI=1S/C14H18BrN3O2S/c1-4-7-16-13(11-8-17-18-21-11)9-5-6-10(19-2)12(15)14(9)20-3/h5-6,8,13,16H,4,7H2,1-3H3. The predicted molar refractivity (Wildman–Crippen MR) is 87.3 cm³/mol. The van der Waals surface area contributed by atoms with Gasteiger partial charge in [0, 0.05) is 5.56 Å². The molecule has 0 aliphatic rings. The number of ether oxygens (including phenoxy) is 2. The van der Waals surface area contributed by atoms with Gasteiger partial charge in [-0.2, -0.15) is 0 Å². The predicted octanol–water partition coefficient (Wildman–Crippen LogP) is 3.41. The summed E-state index contributed by atoms with van der Waals surface area (Å²) >= 11 is 4.93. The second-order valence-electron chi connectivity index (χ2n) is 4.41. The molecule has 0 spiro atoms. The van der Waals surface area contributed by atoms with E-state index in [4.69, 9.17) is 9.47 Å². The molecular formula is C14H18BrN3O2S. The van der Waals surface area contributed by atoms with Gasteiger partial charge in [-0.05, 0) is 52.6 Å². The lowest BCUT2D eigenvalue weighted by atomic mass is 10.0. The molecule has 1 atom stereocenters. The molecule has 0 radical (unpaired) electrons. The van der Waals surface area contributed by atoms with Gasteiger partial charge in [-0.25, -0.2) is 0 Å². The molecule has 1 unspecified atom stereocenters. The lowest BCUT2D eigenvalue weighted by molar-refractivity contribution is 0.383. The Kier molecular flexibility index (Phi) is 5.96. The highest BCUT2D eigenvalue weighted by atomic mass is 79.9. The van der Waals surface area contributed by atoms with Gasteiger partial charge in [-0.3, -0.25) is 0 Å². The first-order valence-electron chi connectivity index (χ1n) is 6.63. The minimum Gasteiger partial charge on any atom is -0.495 e. The summed E-state index contributed by atoms with van der Waals surface area (Å²) < 4.78 is 15.7. The highest BCUT2D eigenvalue weighted by molar-refractivity contribution is 9.10. The molecule has 2 rings (SSSR count). The van der Waals surface area contributed by atoms with E-state index in [0.717, 1.165) is 39.4 Å². The second-order valence-corrected chi connectivity index (χ2v) is 6.02. The highest BCUT2D eigenvalue weighted by Crippen LogP contribution is 2.41. The number of hydrogen-bond donors (Lipinski definition) is 1. The number of halogens is 1. The Morgan fingerprint density at radius 2 is 2.14 bits per heavy atom. The van der Waals surface area contributed by atoms with Crippen molar-refractivity contribution in [1.29, 1.82) is 0 Å². The van der Waals surface area contributed by atoms with Gasteiger partial charge in [-0.1, -0.05) is 11.4 Å². The summed E-state index contributed by atoms with van der Waals surface area (Å²) in [6, 6.07) is 3.94. The molecule has 0 amide bonds. The van der Waals surface area contributed by atoms with Gasteiger partial charge in [0.15, 0.2) is 0 Å². The minimum absolute atomic E-state index is 0.00195. The summed E-state index contributed by atoms with van der Waals surface area (Å²) in [5.41, 5.74) is 1.03. The second kappa shape index (κ2) is 7.72. The number of rotatable bonds is 7. The van der Waals surface area contributed by atoms with E-state index >= 15 is 0 Å². The molecule has 1 aromatic carbocycles. The van der Waals surface area contributed by atoms with Crippen LogP contribution in [-0.4, -0.2) is 30.4 Å². The van der Waals surface area contributed by atoms with Crippen LogP contribution in [0.3, 0.4) is 0 Å². The fraction of sp³-hybridized carbons (Fsp3) is 0.429. The van der Waals surface area contributed by atoms with Gasteiger partial charge in [0.05, 0.1) is 31.3 Å². The number of benzene rings is 1. The van der Waals surface area contributed by atoms with Crippen LogP contribution in [0.25, 0.3) is 0 Å². The summed E-state index contributed by atoms with van der Waals surface area (Å²) in [5, 5.41) is 7.46. The Morgan fingerprint density at radius 1 is 1.33 bits per heavy atom. The molecule has 0 bridgehead atoms. The van der Waals surface area contributed by atoms with Crippen LogP contribution in [0.5, 0.6) is 11.5 Å². The molecule has 1 heterocycles. The third-order valence-electron chi connectivity index (χ3n) is 3.09. The first kappa shape index (κ1) is 16.2. The molecule has 1 N–H and O–H groups in total. The average molecular weight is 372 g/mol. The van der Waals surface area contributed by atoms with Crippen molar-refractivity contribution in [3.63, 3.8) is 0 Å². The molecule has 0 saturated heterocycles. The molecule has 7 heteroatoms. The first-order chi connectivity index (χ1) is 10.2. The lowest BCUT2D eigenvalue weighted by Crippen LogP contribution is -2.23. The fourth-order valence-electron chi connectivity index (χ4n) is 2.10. The first-order valence-corrected chi connectivity index (χ1v) is 8.20. The molecule has 2 aromatic rings. The number of methoxy groups -OCH3 is 2. The molecule has 1 aromatic heterocycles. The van der Waals surface area contributed by atoms with Crippen molar-refractivity contribution in [2.45, 2.75) is 19.4 Å². The van der Waals surface area contributed by atoms with Gasteiger partial charge in [0.25, 0.3) is 0 Å². The monoisotopic (exact) mass is 371 g/mol. The Morgan fingerprint density at radius 3 is 2.71 bits per heavy atom. The maximum absolute atomic E-state index is 5.57. The van der Waals surface area contributed by atoms with E-state index in [1.54, 1.807) is 20.4 Å². The van der Waals surface area contributed by atoms with E-state index in [2.05, 4.69) is 37.8 Å². The largest absolute Gasteiger partial charge is 0.495 e. The zero-order valence-electron chi connectivity index (χ0n) is 12.2. The number of nitrogens with zero attached hydrogens (tertiary/aromatic N) is 2. The van der Waals surface area contributed by atoms with E-state index in [1.807, 2.05) is 12.1 Å². The summed E-state index contributed by atoms with van der Waals surface area (Å²) in [5.74, 6) is 1.50. The van der Waals surface area contributed by atoms with E-state index in [0.29, 0.717) is 0 Å². The quantitative estimate of drug-likeness (QED) is 0.807. The third kappa shape index (κ3) is 3.53. The summed E-state index contributed by atoms with van der Waals surface area (Å²) in [6.45, 7) is 3.03. The molecule has 0 saturated carbocycles. The van der Waals surface area contributed by atoms with Crippen molar-refractivity contribution in [2.75, 3.05) is 20.8 Å². The SMILES string of the molecule is CCCNC(c1cnns1)c1ccc(OC)c(Br)c1OC. The number of nitrogens with one attached hydrogen (secondary N) is 1. The van der Waals surface area contributed by atoms with Crippen LogP contribution < -0.4 is 14.8 Å². The maximum atomic E-state index is 5.57. The van der Waals surface area contributed by atoms with Gasteiger partial charge in [-0.15, -0.1) is 5.10 Å². The van der Waals surface area contributed by atoms with Crippen molar-refractivity contribution < 1.29 is 9.47 Å². The topological polar surface area (TPSA) is 56.3 Å². The average Bonchev–Trinajstić information content (AvgIpc) is 3.02. The minimum atomic E-state index is 0.00195. The fourth-order valence-corrected chi connectivity index (χ4v) is 3.38. The normalized spacial score (nSPS) is 12.2. The summed E-state index contributed by atoms with van der Waals surface area (Å²) in [7, 11) is 3.30. The van der Waals surface area contributed by atoms with E-state index < -0.39 is 0 Å². The molecule has 114 valence electrons.